The zero-order valence-corrected chi connectivity index (χ0v) is 35.4. The number of hydrogen-bond acceptors (Lipinski definition) is 4. The molecule has 0 bridgehead atoms. The first-order valence-corrected chi connectivity index (χ1v) is 22.0. The maximum atomic E-state index is 7.74. The second kappa shape index (κ2) is 13.0. The summed E-state index contributed by atoms with van der Waals surface area (Å²) in [6.45, 7) is 12.2. The van der Waals surface area contributed by atoms with E-state index in [1.165, 1.54) is 5.56 Å². The van der Waals surface area contributed by atoms with Gasteiger partial charge in [-0.1, -0.05) is 153 Å². The van der Waals surface area contributed by atoms with Crippen molar-refractivity contribution >= 4 is 92.7 Å². The summed E-state index contributed by atoms with van der Waals surface area (Å²) in [4.78, 5) is 14.8. The SMILES string of the molecule is [C-]#[N+]c1ccc2c(c1)C(C)(C)c1cc(-c3nc(-c4cc5ccccc5c5c4oc4ccc6ccccc6c45)cc(-c4cc5ccccc5c5c4oc4ccc6ccccc6c45)n3)ccc1-2. The first-order chi connectivity index (χ1) is 31.9. The first-order valence-electron chi connectivity index (χ1n) is 22.0. The van der Waals surface area contributed by atoms with E-state index in [9.17, 15) is 0 Å². The molecule has 0 N–H and O–H groups in total. The summed E-state index contributed by atoms with van der Waals surface area (Å²) in [5, 5.41) is 13.4. The second-order valence-corrected chi connectivity index (χ2v) is 17.9. The van der Waals surface area contributed by atoms with Gasteiger partial charge < -0.3 is 8.83 Å². The Labute approximate surface area is 372 Å². The smallest absolute Gasteiger partial charge is 0.187 e. The fourth-order valence-electron chi connectivity index (χ4n) is 10.9. The van der Waals surface area contributed by atoms with Crippen molar-refractivity contribution in [3.05, 3.63) is 198 Å². The van der Waals surface area contributed by atoms with Gasteiger partial charge in [0.15, 0.2) is 11.5 Å². The monoisotopic (exact) mass is 829 g/mol. The molecule has 302 valence electrons. The third kappa shape index (κ3) is 5.02. The van der Waals surface area contributed by atoms with Crippen LogP contribution in [0.2, 0.25) is 0 Å². The average Bonchev–Trinajstić information content (AvgIpc) is 4.02. The summed E-state index contributed by atoms with van der Waals surface area (Å²) in [5.41, 5.74) is 12.4. The Hall–Kier alpha value is -8.59. The largest absolute Gasteiger partial charge is 0.455 e. The molecule has 10 aromatic carbocycles. The Bertz CT molecular complexity index is 4080. The highest BCUT2D eigenvalue weighted by atomic mass is 16.3. The van der Waals surface area contributed by atoms with Gasteiger partial charge in [-0.05, 0) is 102 Å². The lowest BCUT2D eigenvalue weighted by molar-refractivity contribution is 0.661. The van der Waals surface area contributed by atoms with Crippen molar-refractivity contribution in [3.63, 3.8) is 0 Å². The summed E-state index contributed by atoms with van der Waals surface area (Å²) >= 11 is 0. The van der Waals surface area contributed by atoms with E-state index in [1.807, 2.05) is 12.1 Å². The van der Waals surface area contributed by atoms with Gasteiger partial charge in [0.2, 0.25) is 0 Å². The molecule has 0 aliphatic heterocycles. The number of furan rings is 2. The van der Waals surface area contributed by atoms with Gasteiger partial charge in [0, 0.05) is 43.7 Å². The molecule has 0 radical (unpaired) electrons. The number of nitrogens with zero attached hydrogens (tertiary/aromatic N) is 3. The van der Waals surface area contributed by atoms with Crippen molar-refractivity contribution in [2.45, 2.75) is 19.3 Å². The van der Waals surface area contributed by atoms with Crippen LogP contribution in [0.3, 0.4) is 0 Å². The average molecular weight is 830 g/mol. The number of aromatic nitrogens is 2. The second-order valence-electron chi connectivity index (χ2n) is 17.9. The fourth-order valence-corrected chi connectivity index (χ4v) is 10.9. The van der Waals surface area contributed by atoms with Crippen molar-refractivity contribution in [1.82, 2.24) is 9.97 Å². The molecule has 0 spiro atoms. The fraction of sp³-hybridized carbons (Fsp3) is 0.0500. The maximum Gasteiger partial charge on any atom is 0.187 e. The Balaban J connectivity index is 1.09. The van der Waals surface area contributed by atoms with Crippen molar-refractivity contribution in [2.24, 2.45) is 0 Å². The lowest BCUT2D eigenvalue weighted by Gasteiger charge is -2.22. The molecule has 1 aliphatic carbocycles. The molecule has 0 atom stereocenters. The van der Waals surface area contributed by atoms with E-state index in [4.69, 9.17) is 25.4 Å². The van der Waals surface area contributed by atoms with Crippen LogP contribution in [0.1, 0.15) is 25.0 Å². The van der Waals surface area contributed by atoms with Crippen LogP contribution in [0.25, 0.3) is 137 Å². The third-order valence-corrected chi connectivity index (χ3v) is 14.0. The lowest BCUT2D eigenvalue weighted by atomic mass is 9.82. The third-order valence-electron chi connectivity index (χ3n) is 14.0. The van der Waals surface area contributed by atoms with Crippen LogP contribution in [-0.4, -0.2) is 9.97 Å². The van der Waals surface area contributed by atoms with Crippen LogP contribution >= 0.6 is 0 Å². The van der Waals surface area contributed by atoms with E-state index in [2.05, 4.69) is 182 Å². The number of benzene rings is 10. The summed E-state index contributed by atoms with van der Waals surface area (Å²) < 4.78 is 14.0. The molecule has 5 nitrogen and oxygen atoms in total. The molecule has 0 amide bonds. The molecule has 0 unspecified atom stereocenters. The highest BCUT2D eigenvalue weighted by molar-refractivity contribution is 6.30. The molecule has 1 aliphatic rings. The summed E-state index contributed by atoms with van der Waals surface area (Å²) in [7, 11) is 0. The van der Waals surface area contributed by atoms with Crippen molar-refractivity contribution in [2.75, 3.05) is 0 Å². The number of fused-ring (bicyclic) bond motifs is 17. The highest BCUT2D eigenvalue weighted by Gasteiger charge is 2.36. The van der Waals surface area contributed by atoms with Gasteiger partial charge in [-0.3, -0.25) is 0 Å². The van der Waals surface area contributed by atoms with Crippen LogP contribution in [0.5, 0.6) is 0 Å². The minimum atomic E-state index is -0.342. The minimum Gasteiger partial charge on any atom is -0.455 e. The van der Waals surface area contributed by atoms with Crippen molar-refractivity contribution in [1.29, 1.82) is 0 Å². The Morgan fingerprint density at radius 3 is 1.42 bits per heavy atom. The molecule has 3 heterocycles. The van der Waals surface area contributed by atoms with E-state index in [0.29, 0.717) is 11.5 Å². The molecule has 5 heteroatoms. The molecule has 0 saturated heterocycles. The molecule has 0 fully saturated rings. The van der Waals surface area contributed by atoms with E-state index >= 15 is 0 Å². The van der Waals surface area contributed by atoms with Gasteiger partial charge in [0.1, 0.15) is 22.3 Å². The summed E-state index contributed by atoms with van der Waals surface area (Å²) in [6.07, 6.45) is 0. The molecular formula is C60H35N3O2. The maximum absolute atomic E-state index is 7.74. The molecule has 14 rings (SSSR count). The Kier molecular flexibility index (Phi) is 7.18. The van der Waals surface area contributed by atoms with Gasteiger partial charge in [0.05, 0.1) is 18.0 Å². The highest BCUT2D eigenvalue weighted by Crippen LogP contribution is 2.51. The quantitative estimate of drug-likeness (QED) is 0.166. The van der Waals surface area contributed by atoms with Gasteiger partial charge in [-0.25, -0.2) is 14.8 Å². The van der Waals surface area contributed by atoms with Crippen LogP contribution in [0.4, 0.5) is 5.69 Å². The number of hydrogen-bond donors (Lipinski definition) is 0. The van der Waals surface area contributed by atoms with Gasteiger partial charge in [0.25, 0.3) is 0 Å². The van der Waals surface area contributed by atoms with Crippen LogP contribution < -0.4 is 0 Å². The molecule has 0 saturated carbocycles. The predicted molar refractivity (Wildman–Crippen MR) is 267 cm³/mol. The normalized spacial score (nSPS) is 13.2. The number of rotatable bonds is 3. The van der Waals surface area contributed by atoms with E-state index < -0.39 is 0 Å². The zero-order chi connectivity index (χ0) is 43.1. The van der Waals surface area contributed by atoms with Crippen LogP contribution in [0.15, 0.2) is 185 Å². The molecule has 13 aromatic rings. The van der Waals surface area contributed by atoms with Gasteiger partial charge in [-0.15, -0.1) is 0 Å². The lowest BCUT2D eigenvalue weighted by Crippen LogP contribution is -2.15. The Morgan fingerprint density at radius 2 is 0.892 bits per heavy atom. The molecular weight excluding hydrogens is 795 g/mol. The predicted octanol–water partition coefficient (Wildman–Crippen LogP) is 16.7. The standard InChI is InChI=1S/C60H35N3O2/c1-60(2)47-30-37(20-24-43(47)44-25-23-38(61-3)31-48(44)60)59-62-49(45-28-35-14-6-10-18-41(35)55-53-39-16-8-4-12-33(39)21-26-51(53)64-57(45)55)32-50(63-59)46-29-36-15-7-11-19-42(36)56-54-40-17-9-5-13-34(40)22-27-52(54)65-58(46)56/h4-32H,1-2H3. The van der Waals surface area contributed by atoms with E-state index in [1.54, 1.807) is 0 Å². The minimum absolute atomic E-state index is 0.342. The van der Waals surface area contributed by atoms with Crippen molar-refractivity contribution < 1.29 is 8.83 Å². The van der Waals surface area contributed by atoms with Crippen molar-refractivity contribution in [3.8, 4) is 45.0 Å². The zero-order valence-electron chi connectivity index (χ0n) is 35.4. The van der Waals surface area contributed by atoms with Crippen LogP contribution in [0, 0.1) is 6.57 Å². The van der Waals surface area contributed by atoms with Gasteiger partial charge in [-0.2, -0.15) is 0 Å². The first kappa shape index (κ1) is 35.9. The summed E-state index contributed by atoms with van der Waals surface area (Å²) in [6, 6.07) is 61.9. The van der Waals surface area contributed by atoms with E-state index in [-0.39, 0.29) is 5.41 Å². The van der Waals surface area contributed by atoms with Gasteiger partial charge >= 0.3 is 0 Å². The van der Waals surface area contributed by atoms with E-state index in [0.717, 1.165) is 132 Å². The molecule has 65 heavy (non-hydrogen) atoms. The summed E-state index contributed by atoms with van der Waals surface area (Å²) in [5.74, 6) is 0.597. The topological polar surface area (TPSA) is 56.4 Å². The Morgan fingerprint density at radius 1 is 0.431 bits per heavy atom. The van der Waals surface area contributed by atoms with Crippen LogP contribution in [-0.2, 0) is 5.41 Å². The molecule has 3 aromatic heterocycles.